The SMILES string of the molecule is Cc1noc(C)c1CCC(=O)NCCNc1cc(-n2ccnc2C)ncn1. The lowest BCUT2D eigenvalue weighted by molar-refractivity contribution is -0.120. The van der Waals surface area contributed by atoms with Crippen LogP contribution in [-0.4, -0.2) is 43.7 Å². The van der Waals surface area contributed by atoms with E-state index in [1.807, 2.05) is 37.6 Å². The minimum atomic E-state index is -0.00535. The normalized spacial score (nSPS) is 10.8. The third-order valence-electron chi connectivity index (χ3n) is 4.26. The molecule has 0 unspecified atom stereocenters. The predicted octanol–water partition coefficient (Wildman–Crippen LogP) is 1.74. The van der Waals surface area contributed by atoms with Crippen molar-refractivity contribution in [3.05, 3.63) is 47.6 Å². The van der Waals surface area contributed by atoms with E-state index < -0.39 is 0 Å². The van der Waals surface area contributed by atoms with Gasteiger partial charge in [-0.25, -0.2) is 15.0 Å². The fraction of sp³-hybridized carbons (Fsp3) is 0.389. The molecule has 9 heteroatoms. The number of imidazole rings is 1. The molecule has 0 atom stereocenters. The van der Waals surface area contributed by atoms with E-state index in [0.29, 0.717) is 31.7 Å². The Labute approximate surface area is 157 Å². The summed E-state index contributed by atoms with van der Waals surface area (Å²) < 4.78 is 6.99. The summed E-state index contributed by atoms with van der Waals surface area (Å²) >= 11 is 0. The first-order valence-electron chi connectivity index (χ1n) is 8.79. The zero-order chi connectivity index (χ0) is 19.2. The van der Waals surface area contributed by atoms with Crippen LogP contribution in [-0.2, 0) is 11.2 Å². The largest absolute Gasteiger partial charge is 0.368 e. The molecule has 0 aliphatic rings. The van der Waals surface area contributed by atoms with Crippen molar-refractivity contribution in [2.45, 2.75) is 33.6 Å². The fourth-order valence-corrected chi connectivity index (χ4v) is 2.77. The number of aromatic nitrogens is 5. The number of amides is 1. The maximum atomic E-state index is 12.0. The monoisotopic (exact) mass is 369 g/mol. The van der Waals surface area contributed by atoms with Crippen molar-refractivity contribution in [3.63, 3.8) is 0 Å². The summed E-state index contributed by atoms with van der Waals surface area (Å²) in [5.74, 6) is 3.05. The lowest BCUT2D eigenvalue weighted by Gasteiger charge is -2.09. The van der Waals surface area contributed by atoms with Gasteiger partial charge >= 0.3 is 0 Å². The molecule has 0 aliphatic heterocycles. The van der Waals surface area contributed by atoms with Crippen LogP contribution >= 0.6 is 0 Å². The van der Waals surface area contributed by atoms with E-state index in [4.69, 9.17) is 4.52 Å². The van der Waals surface area contributed by atoms with Crippen molar-refractivity contribution in [1.82, 2.24) is 30.0 Å². The van der Waals surface area contributed by atoms with Gasteiger partial charge in [-0.1, -0.05) is 5.16 Å². The van der Waals surface area contributed by atoms with E-state index in [0.717, 1.165) is 28.7 Å². The number of hydrogen-bond acceptors (Lipinski definition) is 7. The number of carbonyl (C=O) groups is 1. The molecule has 2 N–H and O–H groups in total. The zero-order valence-electron chi connectivity index (χ0n) is 15.7. The van der Waals surface area contributed by atoms with Crippen LogP contribution < -0.4 is 10.6 Å². The Morgan fingerprint density at radius 1 is 1.19 bits per heavy atom. The van der Waals surface area contributed by atoms with E-state index in [9.17, 15) is 4.79 Å². The van der Waals surface area contributed by atoms with Crippen molar-refractivity contribution in [2.24, 2.45) is 0 Å². The van der Waals surface area contributed by atoms with Crippen LogP contribution in [0.2, 0.25) is 0 Å². The van der Waals surface area contributed by atoms with Gasteiger partial charge in [-0.2, -0.15) is 0 Å². The first-order valence-corrected chi connectivity index (χ1v) is 8.79. The Morgan fingerprint density at radius 2 is 2.04 bits per heavy atom. The van der Waals surface area contributed by atoms with E-state index in [1.54, 1.807) is 6.20 Å². The first-order chi connectivity index (χ1) is 13.0. The zero-order valence-corrected chi connectivity index (χ0v) is 15.7. The number of anilines is 1. The molecule has 9 nitrogen and oxygen atoms in total. The quantitative estimate of drug-likeness (QED) is 0.582. The van der Waals surface area contributed by atoms with Crippen molar-refractivity contribution >= 4 is 11.7 Å². The molecule has 1 amide bonds. The van der Waals surface area contributed by atoms with Crippen LogP contribution in [0.15, 0.2) is 29.3 Å². The van der Waals surface area contributed by atoms with Crippen molar-refractivity contribution in [3.8, 4) is 5.82 Å². The molecule has 0 saturated carbocycles. The maximum Gasteiger partial charge on any atom is 0.220 e. The number of nitrogens with zero attached hydrogens (tertiary/aromatic N) is 5. The molecule has 3 heterocycles. The van der Waals surface area contributed by atoms with E-state index in [-0.39, 0.29) is 5.91 Å². The van der Waals surface area contributed by atoms with Crippen LogP contribution in [0, 0.1) is 20.8 Å². The minimum Gasteiger partial charge on any atom is -0.368 e. The Hall–Kier alpha value is -3.23. The highest BCUT2D eigenvalue weighted by Gasteiger charge is 2.11. The molecule has 0 spiro atoms. The second-order valence-electron chi connectivity index (χ2n) is 6.19. The summed E-state index contributed by atoms with van der Waals surface area (Å²) in [5, 5.41) is 9.98. The molecular weight excluding hydrogens is 346 g/mol. The number of nitrogens with one attached hydrogen (secondary N) is 2. The Bertz CT molecular complexity index is 897. The fourth-order valence-electron chi connectivity index (χ4n) is 2.77. The average molecular weight is 369 g/mol. The van der Waals surface area contributed by atoms with Gasteiger partial charge in [0, 0.05) is 43.5 Å². The highest BCUT2D eigenvalue weighted by molar-refractivity contribution is 5.76. The molecular formula is C18H23N7O2. The summed E-state index contributed by atoms with van der Waals surface area (Å²) in [6.07, 6.45) is 6.10. The summed E-state index contributed by atoms with van der Waals surface area (Å²) in [6, 6.07) is 1.84. The van der Waals surface area contributed by atoms with Crippen molar-refractivity contribution in [2.75, 3.05) is 18.4 Å². The van der Waals surface area contributed by atoms with Crippen LogP contribution in [0.3, 0.4) is 0 Å². The Balaban J connectivity index is 1.42. The summed E-state index contributed by atoms with van der Waals surface area (Å²) in [7, 11) is 0. The average Bonchev–Trinajstić information content (AvgIpc) is 3.23. The van der Waals surface area contributed by atoms with Crippen molar-refractivity contribution < 1.29 is 9.32 Å². The third-order valence-corrected chi connectivity index (χ3v) is 4.26. The van der Waals surface area contributed by atoms with Crippen molar-refractivity contribution in [1.29, 1.82) is 0 Å². The standard InChI is InChI=1S/C18H23N7O2/c1-12-15(13(2)27-24-12)4-5-18(26)21-7-6-20-16-10-17(23-11-22-16)25-9-8-19-14(25)3/h8-11H,4-7H2,1-3H3,(H,21,26)(H,20,22,23). The summed E-state index contributed by atoms with van der Waals surface area (Å²) in [4.78, 5) is 24.6. The number of carbonyl (C=O) groups excluding carboxylic acids is 1. The van der Waals surface area contributed by atoms with Gasteiger partial charge < -0.3 is 15.2 Å². The molecule has 0 radical (unpaired) electrons. The predicted molar refractivity (Wildman–Crippen MR) is 99.7 cm³/mol. The van der Waals surface area contributed by atoms with Crippen LogP contribution in [0.5, 0.6) is 0 Å². The highest BCUT2D eigenvalue weighted by atomic mass is 16.5. The molecule has 0 aliphatic carbocycles. The molecule has 3 aromatic rings. The van der Waals surface area contributed by atoms with Crippen LogP contribution in [0.4, 0.5) is 5.82 Å². The number of rotatable bonds is 8. The van der Waals surface area contributed by atoms with Crippen LogP contribution in [0.1, 0.15) is 29.3 Å². The van der Waals surface area contributed by atoms with Crippen LogP contribution in [0.25, 0.3) is 5.82 Å². The lowest BCUT2D eigenvalue weighted by Crippen LogP contribution is -2.29. The van der Waals surface area contributed by atoms with E-state index in [2.05, 4.69) is 30.7 Å². The minimum absolute atomic E-state index is 0.00535. The second kappa shape index (κ2) is 8.43. The van der Waals surface area contributed by atoms with Gasteiger partial charge in [-0.05, 0) is 27.2 Å². The third kappa shape index (κ3) is 4.69. The highest BCUT2D eigenvalue weighted by Crippen LogP contribution is 2.14. The van der Waals surface area contributed by atoms with Gasteiger partial charge in [0.1, 0.15) is 29.5 Å². The molecule has 0 aromatic carbocycles. The molecule has 0 bridgehead atoms. The second-order valence-corrected chi connectivity index (χ2v) is 6.19. The van der Waals surface area contributed by atoms with Gasteiger partial charge in [-0.15, -0.1) is 0 Å². The van der Waals surface area contributed by atoms with Gasteiger partial charge in [0.05, 0.1) is 5.69 Å². The van der Waals surface area contributed by atoms with Gasteiger partial charge in [-0.3, -0.25) is 9.36 Å². The molecule has 3 rings (SSSR count). The topological polar surface area (TPSA) is 111 Å². The van der Waals surface area contributed by atoms with E-state index >= 15 is 0 Å². The maximum absolute atomic E-state index is 12.0. The molecule has 27 heavy (non-hydrogen) atoms. The summed E-state index contributed by atoms with van der Waals surface area (Å²) in [6.45, 7) is 6.72. The van der Waals surface area contributed by atoms with Gasteiger partial charge in [0.15, 0.2) is 0 Å². The van der Waals surface area contributed by atoms with E-state index in [1.165, 1.54) is 6.33 Å². The summed E-state index contributed by atoms with van der Waals surface area (Å²) in [5.41, 5.74) is 1.85. The molecule has 0 fully saturated rings. The Morgan fingerprint density at radius 3 is 2.74 bits per heavy atom. The molecule has 3 aromatic heterocycles. The number of hydrogen-bond donors (Lipinski definition) is 2. The number of aryl methyl sites for hydroxylation is 3. The Kier molecular flexibility index (Phi) is 5.80. The lowest BCUT2D eigenvalue weighted by atomic mass is 10.1. The first kappa shape index (κ1) is 18.6. The molecule has 0 saturated heterocycles. The van der Waals surface area contributed by atoms with Gasteiger partial charge in [0.2, 0.25) is 5.91 Å². The smallest absolute Gasteiger partial charge is 0.220 e. The molecule has 142 valence electrons. The van der Waals surface area contributed by atoms with Gasteiger partial charge in [0.25, 0.3) is 0 Å².